The quantitative estimate of drug-likeness (QED) is 0.569. The summed E-state index contributed by atoms with van der Waals surface area (Å²) in [5.41, 5.74) is 2.57. The molecule has 0 aliphatic rings. The van der Waals surface area contributed by atoms with Crippen LogP contribution in [0.4, 0.5) is 5.95 Å². The summed E-state index contributed by atoms with van der Waals surface area (Å²) < 4.78 is 5.26. The molecule has 0 radical (unpaired) electrons. The van der Waals surface area contributed by atoms with Crippen LogP contribution in [-0.4, -0.2) is 36.9 Å². The van der Waals surface area contributed by atoms with Crippen molar-refractivity contribution in [2.75, 3.05) is 11.9 Å². The standard InChI is InChI=1S/C18H15N7O/c1-2-5-13(6-3-1)15-12-21-24-18(22-15)20-10-8-16-23-17(25-26-16)14-7-4-9-19-11-14/h1-7,9,11-12H,8,10H2,(H,20,22,24). The second-order valence-corrected chi connectivity index (χ2v) is 5.46. The molecule has 0 bridgehead atoms. The number of benzene rings is 1. The van der Waals surface area contributed by atoms with Crippen LogP contribution in [-0.2, 0) is 6.42 Å². The van der Waals surface area contributed by atoms with E-state index in [0.29, 0.717) is 30.6 Å². The predicted molar refractivity (Wildman–Crippen MR) is 95.0 cm³/mol. The Hall–Kier alpha value is -3.68. The van der Waals surface area contributed by atoms with Crippen molar-refractivity contribution in [3.05, 3.63) is 66.9 Å². The van der Waals surface area contributed by atoms with Gasteiger partial charge in [-0.3, -0.25) is 4.98 Å². The van der Waals surface area contributed by atoms with Crippen molar-refractivity contribution in [2.24, 2.45) is 0 Å². The molecule has 3 heterocycles. The molecule has 0 spiro atoms. The van der Waals surface area contributed by atoms with Gasteiger partial charge in [0.25, 0.3) is 0 Å². The van der Waals surface area contributed by atoms with Crippen LogP contribution in [0.25, 0.3) is 22.6 Å². The van der Waals surface area contributed by atoms with Gasteiger partial charge in [-0.05, 0) is 12.1 Å². The van der Waals surface area contributed by atoms with Gasteiger partial charge in [0.2, 0.25) is 17.7 Å². The van der Waals surface area contributed by atoms with Crippen molar-refractivity contribution in [2.45, 2.75) is 6.42 Å². The minimum atomic E-state index is 0.457. The third-order valence-corrected chi connectivity index (χ3v) is 3.64. The number of nitrogens with one attached hydrogen (secondary N) is 1. The molecular weight excluding hydrogens is 330 g/mol. The summed E-state index contributed by atoms with van der Waals surface area (Å²) in [5, 5.41) is 15.1. The number of pyridine rings is 1. The minimum Gasteiger partial charge on any atom is -0.352 e. The van der Waals surface area contributed by atoms with Crippen LogP contribution in [0.3, 0.4) is 0 Å². The fraction of sp³-hybridized carbons (Fsp3) is 0.111. The van der Waals surface area contributed by atoms with Gasteiger partial charge in [-0.1, -0.05) is 35.5 Å². The monoisotopic (exact) mass is 345 g/mol. The first-order chi connectivity index (χ1) is 12.9. The molecule has 8 heteroatoms. The molecule has 8 nitrogen and oxygen atoms in total. The molecule has 0 atom stereocenters. The fourth-order valence-corrected chi connectivity index (χ4v) is 2.38. The summed E-state index contributed by atoms with van der Waals surface area (Å²) in [6.45, 7) is 0.550. The van der Waals surface area contributed by atoms with E-state index < -0.39 is 0 Å². The van der Waals surface area contributed by atoms with E-state index in [1.807, 2.05) is 42.5 Å². The number of hydrogen-bond donors (Lipinski definition) is 1. The number of hydrogen-bond acceptors (Lipinski definition) is 8. The van der Waals surface area contributed by atoms with Gasteiger partial charge in [0.1, 0.15) is 0 Å². The third kappa shape index (κ3) is 3.69. The van der Waals surface area contributed by atoms with Crippen molar-refractivity contribution in [3.8, 4) is 22.6 Å². The highest BCUT2D eigenvalue weighted by atomic mass is 16.5. The molecule has 128 valence electrons. The summed E-state index contributed by atoms with van der Waals surface area (Å²) in [5.74, 6) is 1.51. The lowest BCUT2D eigenvalue weighted by Crippen LogP contribution is -2.09. The summed E-state index contributed by atoms with van der Waals surface area (Å²) in [6.07, 6.45) is 5.58. The van der Waals surface area contributed by atoms with Gasteiger partial charge in [-0.25, -0.2) is 4.98 Å². The van der Waals surface area contributed by atoms with E-state index in [1.165, 1.54) is 0 Å². The molecule has 26 heavy (non-hydrogen) atoms. The Kier molecular flexibility index (Phi) is 4.55. The molecule has 0 fully saturated rings. The Labute approximate surface area is 149 Å². The van der Waals surface area contributed by atoms with E-state index in [2.05, 4.69) is 35.6 Å². The predicted octanol–water partition coefficient (Wildman–Crippen LogP) is 2.64. The van der Waals surface area contributed by atoms with Gasteiger partial charge in [-0.2, -0.15) is 10.1 Å². The van der Waals surface area contributed by atoms with Crippen molar-refractivity contribution in [1.29, 1.82) is 0 Å². The smallest absolute Gasteiger partial charge is 0.243 e. The lowest BCUT2D eigenvalue weighted by Gasteiger charge is -2.04. The van der Waals surface area contributed by atoms with Crippen LogP contribution < -0.4 is 5.32 Å². The molecule has 1 aromatic carbocycles. The first-order valence-corrected chi connectivity index (χ1v) is 8.10. The van der Waals surface area contributed by atoms with Crippen LogP contribution >= 0.6 is 0 Å². The molecule has 0 amide bonds. The van der Waals surface area contributed by atoms with E-state index in [4.69, 9.17) is 4.52 Å². The van der Waals surface area contributed by atoms with Gasteiger partial charge in [0.05, 0.1) is 11.9 Å². The Morgan fingerprint density at radius 3 is 2.65 bits per heavy atom. The number of nitrogens with zero attached hydrogens (tertiary/aromatic N) is 6. The fourth-order valence-electron chi connectivity index (χ4n) is 2.38. The molecule has 4 aromatic rings. The highest BCUT2D eigenvalue weighted by molar-refractivity contribution is 5.58. The topological polar surface area (TPSA) is 103 Å². The molecule has 0 aliphatic heterocycles. The van der Waals surface area contributed by atoms with Crippen molar-refractivity contribution < 1.29 is 4.52 Å². The van der Waals surface area contributed by atoms with Gasteiger partial charge in [0, 0.05) is 36.5 Å². The van der Waals surface area contributed by atoms with Crippen molar-refractivity contribution in [1.82, 2.24) is 30.3 Å². The molecule has 0 saturated carbocycles. The highest BCUT2D eigenvalue weighted by Crippen LogP contribution is 2.16. The SMILES string of the molecule is c1ccc(-c2cnnc(NCCc3nc(-c4cccnc4)no3)n2)cc1. The summed E-state index contributed by atoms with van der Waals surface area (Å²) in [7, 11) is 0. The first-order valence-electron chi connectivity index (χ1n) is 8.10. The van der Waals surface area contributed by atoms with Crippen molar-refractivity contribution >= 4 is 5.95 Å². The molecule has 0 unspecified atom stereocenters. The average molecular weight is 345 g/mol. The second-order valence-electron chi connectivity index (χ2n) is 5.46. The van der Waals surface area contributed by atoms with Gasteiger partial charge in [-0.15, -0.1) is 5.10 Å². The molecule has 4 rings (SSSR count). The lowest BCUT2D eigenvalue weighted by atomic mass is 10.2. The Balaban J connectivity index is 1.38. The number of aromatic nitrogens is 6. The van der Waals surface area contributed by atoms with E-state index in [0.717, 1.165) is 16.8 Å². The molecule has 3 aromatic heterocycles. The van der Waals surface area contributed by atoms with Crippen LogP contribution in [0.5, 0.6) is 0 Å². The molecule has 0 aliphatic carbocycles. The zero-order valence-corrected chi connectivity index (χ0v) is 13.8. The average Bonchev–Trinajstić information content (AvgIpc) is 3.19. The van der Waals surface area contributed by atoms with Gasteiger partial charge in [0.15, 0.2) is 0 Å². The zero-order chi connectivity index (χ0) is 17.6. The Morgan fingerprint density at radius 1 is 0.923 bits per heavy atom. The summed E-state index contributed by atoms with van der Waals surface area (Å²) in [4.78, 5) is 12.9. The Bertz CT molecular complexity index is 973. The van der Waals surface area contributed by atoms with E-state index in [1.54, 1.807) is 18.6 Å². The van der Waals surface area contributed by atoms with Crippen molar-refractivity contribution in [3.63, 3.8) is 0 Å². The zero-order valence-electron chi connectivity index (χ0n) is 13.8. The molecule has 0 saturated heterocycles. The second kappa shape index (κ2) is 7.47. The maximum atomic E-state index is 5.26. The Morgan fingerprint density at radius 2 is 1.81 bits per heavy atom. The van der Waals surface area contributed by atoms with Crippen LogP contribution in [0.15, 0.2) is 65.6 Å². The lowest BCUT2D eigenvalue weighted by molar-refractivity contribution is 0.381. The van der Waals surface area contributed by atoms with E-state index >= 15 is 0 Å². The third-order valence-electron chi connectivity index (χ3n) is 3.64. The maximum absolute atomic E-state index is 5.26. The van der Waals surface area contributed by atoms with Crippen LogP contribution in [0.1, 0.15) is 5.89 Å². The normalized spacial score (nSPS) is 10.6. The summed E-state index contributed by atoms with van der Waals surface area (Å²) in [6, 6.07) is 13.5. The highest BCUT2D eigenvalue weighted by Gasteiger charge is 2.09. The van der Waals surface area contributed by atoms with E-state index in [9.17, 15) is 0 Å². The van der Waals surface area contributed by atoms with Gasteiger partial charge >= 0.3 is 0 Å². The first kappa shape index (κ1) is 15.8. The van der Waals surface area contributed by atoms with Crippen LogP contribution in [0.2, 0.25) is 0 Å². The largest absolute Gasteiger partial charge is 0.352 e. The summed E-state index contributed by atoms with van der Waals surface area (Å²) >= 11 is 0. The van der Waals surface area contributed by atoms with E-state index in [-0.39, 0.29) is 0 Å². The van der Waals surface area contributed by atoms with Crippen LogP contribution in [0, 0.1) is 0 Å². The maximum Gasteiger partial charge on any atom is 0.243 e. The molecular formula is C18H15N7O. The molecule has 1 N–H and O–H groups in total. The number of anilines is 1. The minimum absolute atomic E-state index is 0.457. The van der Waals surface area contributed by atoms with Gasteiger partial charge < -0.3 is 9.84 Å². The number of rotatable bonds is 6.